The Morgan fingerprint density at radius 3 is 2.81 bits per heavy atom. The number of nitrogens with one attached hydrogen (secondary N) is 1. The number of hydrogen-bond acceptors (Lipinski definition) is 3. The SMILES string of the molecule is CCNCc1cc(C)ccc1N(Cc1cccs1)C1CC1. The van der Waals surface area contributed by atoms with Crippen LogP contribution in [0.2, 0.25) is 0 Å². The lowest BCUT2D eigenvalue weighted by Crippen LogP contribution is -2.27. The van der Waals surface area contributed by atoms with Crippen LogP contribution in [-0.2, 0) is 13.1 Å². The average molecular weight is 300 g/mol. The molecular formula is C18H24N2S. The lowest BCUT2D eigenvalue weighted by atomic mass is 10.1. The molecule has 1 heterocycles. The van der Waals surface area contributed by atoms with Crippen LogP contribution < -0.4 is 10.2 Å². The molecule has 0 spiro atoms. The standard InChI is InChI=1S/C18H24N2S/c1-3-19-12-15-11-14(2)6-9-18(15)20(16-7-8-16)13-17-5-4-10-21-17/h4-6,9-11,16,19H,3,7-8,12-13H2,1-2H3. The van der Waals surface area contributed by atoms with Crippen molar-refractivity contribution in [1.82, 2.24) is 5.32 Å². The normalized spacial score (nSPS) is 14.4. The summed E-state index contributed by atoms with van der Waals surface area (Å²) in [5.74, 6) is 0. The number of hydrogen-bond donors (Lipinski definition) is 1. The molecule has 1 fully saturated rings. The molecule has 0 aliphatic heterocycles. The molecule has 0 atom stereocenters. The third-order valence-electron chi connectivity index (χ3n) is 4.00. The lowest BCUT2D eigenvalue weighted by Gasteiger charge is -2.27. The van der Waals surface area contributed by atoms with Crippen molar-refractivity contribution >= 4 is 17.0 Å². The Morgan fingerprint density at radius 2 is 2.14 bits per heavy atom. The zero-order valence-corrected chi connectivity index (χ0v) is 13.7. The van der Waals surface area contributed by atoms with Crippen molar-refractivity contribution in [3.63, 3.8) is 0 Å². The molecule has 0 amide bonds. The van der Waals surface area contributed by atoms with Gasteiger partial charge in [-0.3, -0.25) is 0 Å². The van der Waals surface area contributed by atoms with Gasteiger partial charge >= 0.3 is 0 Å². The smallest absolute Gasteiger partial charge is 0.0526 e. The summed E-state index contributed by atoms with van der Waals surface area (Å²) in [4.78, 5) is 4.06. The van der Waals surface area contributed by atoms with Crippen LogP contribution in [0, 0.1) is 6.92 Å². The van der Waals surface area contributed by atoms with Gasteiger partial charge < -0.3 is 10.2 Å². The molecule has 0 radical (unpaired) electrons. The highest BCUT2D eigenvalue weighted by molar-refractivity contribution is 7.09. The highest BCUT2D eigenvalue weighted by Gasteiger charge is 2.30. The molecule has 1 N–H and O–H groups in total. The predicted octanol–water partition coefficient (Wildman–Crippen LogP) is 4.34. The quantitative estimate of drug-likeness (QED) is 0.818. The van der Waals surface area contributed by atoms with E-state index < -0.39 is 0 Å². The summed E-state index contributed by atoms with van der Waals surface area (Å²) >= 11 is 1.86. The minimum Gasteiger partial charge on any atom is -0.363 e. The third-order valence-corrected chi connectivity index (χ3v) is 4.86. The molecule has 2 aromatic rings. The van der Waals surface area contributed by atoms with Gasteiger partial charge in [0.2, 0.25) is 0 Å². The van der Waals surface area contributed by atoms with Crippen LogP contribution in [-0.4, -0.2) is 12.6 Å². The number of benzene rings is 1. The highest BCUT2D eigenvalue weighted by atomic mass is 32.1. The van der Waals surface area contributed by atoms with Crippen LogP contribution in [0.1, 0.15) is 35.8 Å². The molecule has 0 saturated heterocycles. The zero-order chi connectivity index (χ0) is 14.7. The van der Waals surface area contributed by atoms with E-state index in [1.54, 1.807) is 0 Å². The van der Waals surface area contributed by atoms with Crippen LogP contribution >= 0.6 is 11.3 Å². The first kappa shape index (κ1) is 14.6. The van der Waals surface area contributed by atoms with Crippen molar-refractivity contribution in [3.8, 4) is 0 Å². The Hall–Kier alpha value is -1.32. The second-order valence-electron chi connectivity index (χ2n) is 5.85. The largest absolute Gasteiger partial charge is 0.363 e. The van der Waals surface area contributed by atoms with Crippen molar-refractivity contribution in [3.05, 3.63) is 51.7 Å². The first-order valence-electron chi connectivity index (χ1n) is 7.87. The second kappa shape index (κ2) is 6.63. The van der Waals surface area contributed by atoms with Gasteiger partial charge in [0.1, 0.15) is 0 Å². The zero-order valence-electron chi connectivity index (χ0n) is 12.9. The van der Waals surface area contributed by atoms with Crippen LogP contribution in [0.25, 0.3) is 0 Å². The van der Waals surface area contributed by atoms with E-state index in [0.717, 1.165) is 25.7 Å². The molecule has 1 saturated carbocycles. The van der Waals surface area contributed by atoms with Crippen LogP contribution in [0.3, 0.4) is 0 Å². The van der Waals surface area contributed by atoms with E-state index in [-0.39, 0.29) is 0 Å². The Kier molecular flexibility index (Phi) is 4.61. The highest BCUT2D eigenvalue weighted by Crippen LogP contribution is 2.35. The number of anilines is 1. The van der Waals surface area contributed by atoms with Crippen molar-refractivity contribution < 1.29 is 0 Å². The minimum absolute atomic E-state index is 0.732. The molecule has 0 unspecified atom stereocenters. The molecule has 3 rings (SSSR count). The average Bonchev–Trinajstić information content (AvgIpc) is 3.20. The lowest BCUT2D eigenvalue weighted by molar-refractivity contribution is 0.715. The maximum atomic E-state index is 3.48. The molecule has 1 aliphatic rings. The van der Waals surface area contributed by atoms with E-state index in [2.05, 4.69) is 59.8 Å². The summed E-state index contributed by atoms with van der Waals surface area (Å²) in [5.41, 5.74) is 4.19. The summed E-state index contributed by atoms with van der Waals surface area (Å²) in [6.07, 6.45) is 2.67. The van der Waals surface area contributed by atoms with Gasteiger partial charge in [-0.15, -0.1) is 11.3 Å². The van der Waals surface area contributed by atoms with Gasteiger partial charge in [0, 0.05) is 23.2 Å². The summed E-state index contributed by atoms with van der Waals surface area (Å²) in [6, 6.07) is 12.0. The van der Waals surface area contributed by atoms with Gasteiger partial charge in [0.25, 0.3) is 0 Å². The number of aryl methyl sites for hydroxylation is 1. The maximum Gasteiger partial charge on any atom is 0.0526 e. The van der Waals surface area contributed by atoms with Gasteiger partial charge in [-0.2, -0.15) is 0 Å². The van der Waals surface area contributed by atoms with Crippen molar-refractivity contribution in [1.29, 1.82) is 0 Å². The van der Waals surface area contributed by atoms with E-state index >= 15 is 0 Å². The Labute approximate surface area is 131 Å². The fraction of sp³-hybridized carbons (Fsp3) is 0.444. The first-order valence-corrected chi connectivity index (χ1v) is 8.75. The molecule has 112 valence electrons. The molecular weight excluding hydrogens is 276 g/mol. The number of nitrogens with zero attached hydrogens (tertiary/aromatic N) is 1. The number of rotatable bonds is 7. The summed E-state index contributed by atoms with van der Waals surface area (Å²) < 4.78 is 0. The van der Waals surface area contributed by atoms with E-state index in [4.69, 9.17) is 0 Å². The molecule has 0 bridgehead atoms. The van der Waals surface area contributed by atoms with Crippen molar-refractivity contribution in [2.45, 2.75) is 45.8 Å². The first-order chi connectivity index (χ1) is 10.3. The monoisotopic (exact) mass is 300 g/mol. The molecule has 21 heavy (non-hydrogen) atoms. The summed E-state index contributed by atoms with van der Waals surface area (Å²) in [7, 11) is 0. The third kappa shape index (κ3) is 3.66. The van der Waals surface area contributed by atoms with Gasteiger partial charge in [0.15, 0.2) is 0 Å². The Bertz CT molecular complexity index is 573. The van der Waals surface area contributed by atoms with Gasteiger partial charge in [-0.1, -0.05) is 30.7 Å². The van der Waals surface area contributed by atoms with E-state index in [1.165, 1.54) is 34.5 Å². The fourth-order valence-corrected chi connectivity index (χ4v) is 3.47. The van der Waals surface area contributed by atoms with Gasteiger partial charge in [0.05, 0.1) is 6.54 Å². The summed E-state index contributed by atoms with van der Waals surface area (Å²) in [5, 5.41) is 5.66. The molecule has 2 nitrogen and oxygen atoms in total. The van der Waals surface area contributed by atoms with Crippen LogP contribution in [0.5, 0.6) is 0 Å². The van der Waals surface area contributed by atoms with Crippen LogP contribution in [0.15, 0.2) is 35.7 Å². The van der Waals surface area contributed by atoms with Crippen molar-refractivity contribution in [2.75, 3.05) is 11.4 Å². The predicted molar refractivity (Wildman–Crippen MR) is 92.1 cm³/mol. The summed E-state index contributed by atoms with van der Waals surface area (Å²) in [6.45, 7) is 7.37. The van der Waals surface area contributed by atoms with Gasteiger partial charge in [-0.25, -0.2) is 0 Å². The molecule has 1 aromatic heterocycles. The van der Waals surface area contributed by atoms with E-state index in [0.29, 0.717) is 0 Å². The Balaban J connectivity index is 1.87. The maximum absolute atomic E-state index is 3.48. The number of thiophene rings is 1. The van der Waals surface area contributed by atoms with Gasteiger partial charge in [-0.05, 0) is 49.4 Å². The van der Waals surface area contributed by atoms with Crippen molar-refractivity contribution in [2.24, 2.45) is 0 Å². The molecule has 1 aliphatic carbocycles. The fourth-order valence-electron chi connectivity index (χ4n) is 2.76. The molecule has 3 heteroatoms. The topological polar surface area (TPSA) is 15.3 Å². The Morgan fingerprint density at radius 1 is 1.29 bits per heavy atom. The second-order valence-corrected chi connectivity index (χ2v) is 6.88. The van der Waals surface area contributed by atoms with Crippen LogP contribution in [0.4, 0.5) is 5.69 Å². The minimum atomic E-state index is 0.732. The molecule has 1 aromatic carbocycles. The van der Waals surface area contributed by atoms with E-state index in [9.17, 15) is 0 Å². The van der Waals surface area contributed by atoms with E-state index in [1.807, 2.05) is 11.3 Å².